The minimum atomic E-state index is -1.34. The normalized spacial score (nSPS) is 15.5. The highest BCUT2D eigenvalue weighted by molar-refractivity contribution is 5.95. The summed E-state index contributed by atoms with van der Waals surface area (Å²) in [5.74, 6) is -2.82. The van der Waals surface area contributed by atoms with Crippen LogP contribution in [-0.2, 0) is 24.0 Å². The second-order valence-corrected chi connectivity index (χ2v) is 13.7. The third kappa shape index (κ3) is 12.9. The standard InChI is InChI=1S/C35H63N5O6/c1-15-27(33(44)37(10)11)36-32(43)30(31(42)25(8)20-18-16-17-19-22(2)3)40(14)35(46)29(24(6)7)39(13)34(45)28(21-23(4)5)38(12)26(9)41/h16,18,23-25,27-31,42H,2,15,17,19-21H2,1,3-14H3,(H,36,43)/b18-16+. The van der Waals surface area contributed by atoms with Crippen LogP contribution in [0.1, 0.15) is 87.5 Å². The second kappa shape index (κ2) is 20.1. The Kier molecular flexibility index (Phi) is 18.7. The summed E-state index contributed by atoms with van der Waals surface area (Å²) in [4.78, 5) is 72.4. The van der Waals surface area contributed by atoms with Crippen LogP contribution in [-0.4, -0.2) is 120 Å². The molecule has 6 atom stereocenters. The van der Waals surface area contributed by atoms with Gasteiger partial charge in [-0.1, -0.05) is 59.3 Å². The number of rotatable bonds is 19. The Hall–Kier alpha value is -3.21. The van der Waals surface area contributed by atoms with E-state index < -0.39 is 48.0 Å². The third-order valence-electron chi connectivity index (χ3n) is 8.41. The summed E-state index contributed by atoms with van der Waals surface area (Å²) in [5.41, 5.74) is 1.07. The fourth-order valence-electron chi connectivity index (χ4n) is 5.38. The molecular weight excluding hydrogens is 586 g/mol. The number of nitrogens with zero attached hydrogens (tertiary/aromatic N) is 4. The van der Waals surface area contributed by atoms with E-state index in [1.165, 1.54) is 40.6 Å². The van der Waals surface area contributed by atoms with Gasteiger partial charge in [0, 0.05) is 42.2 Å². The molecule has 0 rings (SSSR count). The number of aliphatic hydroxyl groups excluding tert-OH is 1. The zero-order chi connectivity index (χ0) is 36.0. The number of allylic oxidation sites excluding steroid dienone is 3. The summed E-state index contributed by atoms with van der Waals surface area (Å²) in [6, 6.07) is -3.95. The van der Waals surface area contributed by atoms with E-state index in [-0.39, 0.29) is 29.6 Å². The fraction of sp³-hybridized carbons (Fsp3) is 0.743. The average Bonchev–Trinajstić information content (AvgIpc) is 2.96. The number of hydrogen-bond donors (Lipinski definition) is 2. The lowest BCUT2D eigenvalue weighted by molar-refractivity contribution is -0.156. The molecule has 0 radical (unpaired) electrons. The van der Waals surface area contributed by atoms with Crippen LogP contribution < -0.4 is 5.32 Å². The van der Waals surface area contributed by atoms with Crippen LogP contribution in [0, 0.1) is 17.8 Å². The SMILES string of the molecule is C=C(C)CC/C=C/CC(C)C(O)C(C(=O)NC(CC)C(=O)N(C)C)N(C)C(=O)C(C(C)C)N(C)C(=O)C(CC(C)C)N(C)C(C)=O. The van der Waals surface area contributed by atoms with Gasteiger partial charge in [0.05, 0.1) is 6.10 Å². The highest BCUT2D eigenvalue weighted by Crippen LogP contribution is 2.23. The van der Waals surface area contributed by atoms with Crippen LogP contribution in [0.5, 0.6) is 0 Å². The molecule has 0 aromatic carbocycles. The molecule has 0 aliphatic heterocycles. The Morgan fingerprint density at radius 3 is 1.78 bits per heavy atom. The van der Waals surface area contributed by atoms with Crippen molar-refractivity contribution in [1.82, 2.24) is 24.9 Å². The molecule has 0 saturated heterocycles. The number of nitrogens with one attached hydrogen (secondary N) is 1. The lowest BCUT2D eigenvalue weighted by Gasteiger charge is -2.40. The van der Waals surface area contributed by atoms with E-state index in [4.69, 9.17) is 0 Å². The van der Waals surface area contributed by atoms with E-state index in [9.17, 15) is 29.1 Å². The Balaban J connectivity index is 6.60. The smallest absolute Gasteiger partial charge is 0.246 e. The van der Waals surface area contributed by atoms with Crippen LogP contribution in [0.2, 0.25) is 0 Å². The molecule has 0 saturated carbocycles. The van der Waals surface area contributed by atoms with E-state index >= 15 is 0 Å². The maximum Gasteiger partial charge on any atom is 0.246 e. The number of hydrogen-bond acceptors (Lipinski definition) is 6. The maximum atomic E-state index is 14.3. The molecule has 6 unspecified atom stereocenters. The van der Waals surface area contributed by atoms with Crippen LogP contribution in [0.4, 0.5) is 0 Å². The van der Waals surface area contributed by atoms with Crippen LogP contribution >= 0.6 is 0 Å². The lowest BCUT2D eigenvalue weighted by Crippen LogP contribution is -2.63. The summed E-state index contributed by atoms with van der Waals surface area (Å²) < 4.78 is 0. The summed E-state index contributed by atoms with van der Waals surface area (Å²) in [5, 5.41) is 14.4. The van der Waals surface area contributed by atoms with Crippen LogP contribution in [0.3, 0.4) is 0 Å². The van der Waals surface area contributed by atoms with E-state index in [1.54, 1.807) is 48.8 Å². The van der Waals surface area contributed by atoms with Gasteiger partial charge in [-0.2, -0.15) is 0 Å². The Bertz CT molecular complexity index is 1070. The number of likely N-dealkylation sites (N-methyl/N-ethyl adjacent to an activating group) is 4. The van der Waals surface area contributed by atoms with Crippen molar-refractivity contribution in [2.24, 2.45) is 17.8 Å². The minimum Gasteiger partial charge on any atom is -0.390 e. The van der Waals surface area contributed by atoms with E-state index in [2.05, 4.69) is 11.9 Å². The second-order valence-electron chi connectivity index (χ2n) is 13.7. The number of aliphatic hydroxyl groups is 1. The Morgan fingerprint density at radius 1 is 0.804 bits per heavy atom. The lowest BCUT2D eigenvalue weighted by atomic mass is 9.91. The molecule has 0 aliphatic rings. The first-order valence-electron chi connectivity index (χ1n) is 16.5. The van der Waals surface area contributed by atoms with Gasteiger partial charge in [0.2, 0.25) is 29.5 Å². The molecule has 11 heteroatoms. The van der Waals surface area contributed by atoms with Gasteiger partial charge in [0.1, 0.15) is 24.2 Å². The molecule has 0 aliphatic carbocycles. The Labute approximate surface area is 278 Å². The van der Waals surface area contributed by atoms with Crippen molar-refractivity contribution in [1.29, 1.82) is 0 Å². The van der Waals surface area contributed by atoms with Crippen molar-refractivity contribution in [3.8, 4) is 0 Å². The summed E-state index contributed by atoms with van der Waals surface area (Å²) in [6.45, 7) is 18.4. The molecule has 2 N–H and O–H groups in total. The number of carbonyl (C=O) groups is 5. The molecule has 5 amide bonds. The average molecular weight is 650 g/mol. The van der Waals surface area contributed by atoms with Gasteiger partial charge >= 0.3 is 0 Å². The predicted octanol–water partition coefficient (Wildman–Crippen LogP) is 3.47. The monoisotopic (exact) mass is 649 g/mol. The molecule has 0 aromatic heterocycles. The molecule has 0 aromatic rings. The van der Waals surface area contributed by atoms with Crippen molar-refractivity contribution in [3.05, 3.63) is 24.3 Å². The Morgan fingerprint density at radius 2 is 1.35 bits per heavy atom. The van der Waals surface area contributed by atoms with Gasteiger partial charge < -0.3 is 30.0 Å². The van der Waals surface area contributed by atoms with E-state index in [0.29, 0.717) is 19.3 Å². The highest BCUT2D eigenvalue weighted by Gasteiger charge is 2.43. The summed E-state index contributed by atoms with van der Waals surface area (Å²) in [6.07, 6.45) is 5.50. The van der Waals surface area contributed by atoms with Crippen LogP contribution in [0.15, 0.2) is 24.3 Å². The fourth-order valence-corrected chi connectivity index (χ4v) is 5.38. The van der Waals surface area contributed by atoms with Gasteiger partial charge in [-0.15, -0.1) is 6.58 Å². The highest BCUT2D eigenvalue weighted by atomic mass is 16.3. The zero-order valence-electron chi connectivity index (χ0n) is 30.8. The quantitative estimate of drug-likeness (QED) is 0.206. The predicted molar refractivity (Wildman–Crippen MR) is 184 cm³/mol. The van der Waals surface area contributed by atoms with Crippen molar-refractivity contribution in [2.75, 3.05) is 35.2 Å². The summed E-state index contributed by atoms with van der Waals surface area (Å²) in [7, 11) is 7.74. The van der Waals surface area contributed by atoms with Crippen molar-refractivity contribution >= 4 is 29.5 Å². The van der Waals surface area contributed by atoms with E-state index in [1.807, 2.05) is 32.9 Å². The van der Waals surface area contributed by atoms with Crippen molar-refractivity contribution in [3.63, 3.8) is 0 Å². The topological polar surface area (TPSA) is 131 Å². The molecule has 46 heavy (non-hydrogen) atoms. The van der Waals surface area contributed by atoms with Gasteiger partial charge in [-0.25, -0.2) is 0 Å². The minimum absolute atomic E-state index is 0.107. The first kappa shape index (κ1) is 42.8. The van der Waals surface area contributed by atoms with Gasteiger partial charge in [-0.05, 0) is 56.8 Å². The first-order chi connectivity index (χ1) is 21.2. The third-order valence-corrected chi connectivity index (χ3v) is 8.41. The summed E-state index contributed by atoms with van der Waals surface area (Å²) >= 11 is 0. The van der Waals surface area contributed by atoms with Crippen LogP contribution in [0.25, 0.3) is 0 Å². The van der Waals surface area contributed by atoms with Gasteiger partial charge in [0.25, 0.3) is 0 Å². The molecule has 0 heterocycles. The molecule has 0 bridgehead atoms. The number of carbonyl (C=O) groups excluding carboxylic acids is 5. The zero-order valence-corrected chi connectivity index (χ0v) is 30.8. The number of amides is 5. The largest absolute Gasteiger partial charge is 0.390 e. The van der Waals surface area contributed by atoms with E-state index in [0.717, 1.165) is 18.4 Å². The van der Waals surface area contributed by atoms with Gasteiger partial charge in [-0.3, -0.25) is 24.0 Å². The van der Waals surface area contributed by atoms with Crippen molar-refractivity contribution < 1.29 is 29.1 Å². The molecular formula is C35H63N5O6. The first-order valence-corrected chi connectivity index (χ1v) is 16.5. The molecule has 11 nitrogen and oxygen atoms in total. The molecule has 0 fully saturated rings. The molecule has 0 spiro atoms. The van der Waals surface area contributed by atoms with Gasteiger partial charge in [0.15, 0.2) is 0 Å². The maximum absolute atomic E-state index is 14.3. The molecule has 264 valence electrons. The van der Waals surface area contributed by atoms with Crippen molar-refractivity contribution in [2.45, 2.75) is 118 Å².